The Morgan fingerprint density at radius 1 is 0.826 bits per heavy atom. The second-order valence-corrected chi connectivity index (χ2v) is 4.91. The summed E-state index contributed by atoms with van der Waals surface area (Å²) in [5, 5.41) is 3.71. The van der Waals surface area contributed by atoms with Crippen LogP contribution in [0.1, 0.15) is 12.5 Å². The maximum Gasteiger partial charge on any atom is 0.161 e. The minimum atomic E-state index is 0.426. The van der Waals surface area contributed by atoms with Crippen LogP contribution in [-0.2, 0) is 14.2 Å². The van der Waals surface area contributed by atoms with Gasteiger partial charge in [0.1, 0.15) is 13.2 Å². The summed E-state index contributed by atoms with van der Waals surface area (Å²) in [5.74, 6) is 6.63. The Morgan fingerprint density at radius 2 is 1.35 bits per heavy atom. The van der Waals surface area contributed by atoms with Gasteiger partial charge < -0.3 is 29.5 Å². The second-order valence-electron chi connectivity index (χ2n) is 4.91. The molecule has 1 aromatic carbocycles. The first kappa shape index (κ1) is 17.5. The summed E-state index contributed by atoms with van der Waals surface area (Å²) in [5.41, 5.74) is 1.61. The fourth-order valence-corrected chi connectivity index (χ4v) is 2.00. The molecule has 0 fully saturated rings. The molecular formula is C16H24N2O5. The van der Waals surface area contributed by atoms with Crippen molar-refractivity contribution >= 4 is 5.71 Å². The lowest BCUT2D eigenvalue weighted by Crippen LogP contribution is -2.13. The molecule has 128 valence electrons. The maximum absolute atomic E-state index is 5.77. The number of hydrogen-bond acceptors (Lipinski definition) is 7. The van der Waals surface area contributed by atoms with Gasteiger partial charge in [0.25, 0.3) is 0 Å². The molecule has 23 heavy (non-hydrogen) atoms. The van der Waals surface area contributed by atoms with Gasteiger partial charge in [0.2, 0.25) is 0 Å². The minimum absolute atomic E-state index is 0.426. The van der Waals surface area contributed by atoms with Crippen LogP contribution in [0.3, 0.4) is 0 Å². The van der Waals surface area contributed by atoms with Gasteiger partial charge in [-0.15, -0.1) is 0 Å². The van der Waals surface area contributed by atoms with E-state index in [2.05, 4.69) is 5.10 Å². The van der Waals surface area contributed by atoms with Crippen molar-refractivity contribution < 1.29 is 23.7 Å². The summed E-state index contributed by atoms with van der Waals surface area (Å²) in [6.07, 6.45) is 0. The summed E-state index contributed by atoms with van der Waals surface area (Å²) >= 11 is 0. The number of nitrogens with two attached hydrogens (primary N) is 1. The highest BCUT2D eigenvalue weighted by Gasteiger charge is 2.09. The van der Waals surface area contributed by atoms with E-state index < -0.39 is 0 Å². The Morgan fingerprint density at radius 3 is 1.91 bits per heavy atom. The molecular weight excluding hydrogens is 300 g/mol. The Balaban J connectivity index is 2.05. The average molecular weight is 324 g/mol. The first-order valence-corrected chi connectivity index (χ1v) is 7.69. The zero-order valence-corrected chi connectivity index (χ0v) is 13.5. The largest absolute Gasteiger partial charge is 0.487 e. The van der Waals surface area contributed by atoms with Gasteiger partial charge in [-0.3, -0.25) is 0 Å². The molecule has 1 aliphatic rings. The predicted octanol–water partition coefficient (Wildman–Crippen LogP) is 1.19. The smallest absolute Gasteiger partial charge is 0.161 e. The third-order valence-corrected chi connectivity index (χ3v) is 3.27. The van der Waals surface area contributed by atoms with Gasteiger partial charge in [0.15, 0.2) is 11.5 Å². The molecule has 0 saturated heterocycles. The predicted molar refractivity (Wildman–Crippen MR) is 86.3 cm³/mol. The summed E-state index contributed by atoms with van der Waals surface area (Å²) in [6.45, 7) is 5.85. The zero-order valence-electron chi connectivity index (χ0n) is 13.5. The number of benzene rings is 1. The highest BCUT2D eigenvalue weighted by Crippen LogP contribution is 2.28. The molecule has 7 heteroatoms. The highest BCUT2D eigenvalue weighted by molar-refractivity contribution is 5.99. The van der Waals surface area contributed by atoms with Crippen molar-refractivity contribution in [1.82, 2.24) is 0 Å². The maximum atomic E-state index is 5.77. The number of nitrogens with zero attached hydrogens (tertiary/aromatic N) is 1. The number of hydrazone groups is 1. The van der Waals surface area contributed by atoms with E-state index in [1.807, 2.05) is 25.1 Å². The number of fused-ring (bicyclic) bond motifs is 1. The molecule has 0 amide bonds. The molecule has 0 radical (unpaired) electrons. The fourth-order valence-electron chi connectivity index (χ4n) is 2.00. The van der Waals surface area contributed by atoms with Gasteiger partial charge in [-0.05, 0) is 25.1 Å². The SMILES string of the molecule is C/C(=N/N)c1ccc2c(c1)OCCOCCOCCOCCO2. The van der Waals surface area contributed by atoms with Gasteiger partial charge in [0.05, 0.1) is 45.4 Å². The van der Waals surface area contributed by atoms with Crippen LogP contribution in [0.5, 0.6) is 11.5 Å². The zero-order chi connectivity index (χ0) is 16.3. The lowest BCUT2D eigenvalue weighted by molar-refractivity contribution is 0.00708. The van der Waals surface area contributed by atoms with Crippen molar-refractivity contribution in [1.29, 1.82) is 0 Å². The molecule has 0 aliphatic carbocycles. The second kappa shape index (κ2) is 10.0. The summed E-state index contributed by atoms with van der Waals surface area (Å²) in [6, 6.07) is 5.61. The number of hydrogen-bond donors (Lipinski definition) is 1. The summed E-state index contributed by atoms with van der Waals surface area (Å²) < 4.78 is 27.8. The van der Waals surface area contributed by atoms with Crippen molar-refractivity contribution in [2.24, 2.45) is 10.9 Å². The lowest BCUT2D eigenvalue weighted by atomic mass is 10.1. The van der Waals surface area contributed by atoms with Crippen LogP contribution >= 0.6 is 0 Å². The molecule has 1 aromatic rings. The quantitative estimate of drug-likeness (QED) is 0.474. The summed E-state index contributed by atoms with van der Waals surface area (Å²) in [7, 11) is 0. The van der Waals surface area contributed by atoms with Crippen molar-refractivity contribution in [2.45, 2.75) is 6.92 Å². The van der Waals surface area contributed by atoms with E-state index in [-0.39, 0.29) is 0 Å². The molecule has 0 bridgehead atoms. The first-order valence-electron chi connectivity index (χ1n) is 7.69. The first-order chi connectivity index (χ1) is 11.3. The van der Waals surface area contributed by atoms with Crippen molar-refractivity contribution in [3.05, 3.63) is 23.8 Å². The molecule has 7 nitrogen and oxygen atoms in total. The van der Waals surface area contributed by atoms with E-state index in [0.29, 0.717) is 64.4 Å². The van der Waals surface area contributed by atoms with E-state index >= 15 is 0 Å². The van der Waals surface area contributed by atoms with Crippen LogP contribution in [-0.4, -0.2) is 58.6 Å². The highest BCUT2D eigenvalue weighted by atomic mass is 16.6. The van der Waals surface area contributed by atoms with E-state index in [1.165, 1.54) is 0 Å². The van der Waals surface area contributed by atoms with Crippen LogP contribution in [0.25, 0.3) is 0 Å². The fraction of sp³-hybridized carbons (Fsp3) is 0.562. The Hall–Kier alpha value is -1.83. The number of rotatable bonds is 1. The lowest BCUT2D eigenvalue weighted by Gasteiger charge is -2.14. The topological polar surface area (TPSA) is 84.5 Å². The van der Waals surface area contributed by atoms with E-state index in [1.54, 1.807) is 0 Å². The van der Waals surface area contributed by atoms with Gasteiger partial charge in [-0.2, -0.15) is 5.10 Å². The molecule has 0 unspecified atom stereocenters. The molecule has 0 saturated carbocycles. The van der Waals surface area contributed by atoms with Crippen molar-refractivity contribution in [2.75, 3.05) is 52.9 Å². The molecule has 0 spiro atoms. The van der Waals surface area contributed by atoms with E-state index in [0.717, 1.165) is 11.3 Å². The van der Waals surface area contributed by atoms with Crippen molar-refractivity contribution in [3.8, 4) is 11.5 Å². The van der Waals surface area contributed by atoms with E-state index in [4.69, 9.17) is 29.5 Å². The summed E-state index contributed by atoms with van der Waals surface area (Å²) in [4.78, 5) is 0. The van der Waals surface area contributed by atoms with Gasteiger partial charge in [-0.1, -0.05) is 0 Å². The van der Waals surface area contributed by atoms with Crippen LogP contribution in [0.4, 0.5) is 0 Å². The normalized spacial score (nSPS) is 18.7. The third kappa shape index (κ3) is 6.05. The molecule has 2 N–H and O–H groups in total. The Bertz CT molecular complexity index is 507. The Kier molecular flexibility index (Phi) is 7.65. The number of ether oxygens (including phenoxy) is 5. The molecule has 1 heterocycles. The van der Waals surface area contributed by atoms with Crippen LogP contribution in [0.15, 0.2) is 23.3 Å². The van der Waals surface area contributed by atoms with Crippen LogP contribution in [0.2, 0.25) is 0 Å². The van der Waals surface area contributed by atoms with Gasteiger partial charge in [-0.25, -0.2) is 0 Å². The standard InChI is InChI=1S/C16H24N2O5/c1-13(18-17)14-2-3-15-16(12-14)23-11-9-21-7-5-19-4-6-20-8-10-22-15/h2-3,12H,4-11,17H2,1H3/b18-13-. The third-order valence-electron chi connectivity index (χ3n) is 3.27. The molecule has 0 atom stereocenters. The average Bonchev–Trinajstić information content (AvgIpc) is 2.59. The van der Waals surface area contributed by atoms with Gasteiger partial charge >= 0.3 is 0 Å². The minimum Gasteiger partial charge on any atom is -0.487 e. The van der Waals surface area contributed by atoms with Gasteiger partial charge in [0, 0.05) is 5.56 Å². The van der Waals surface area contributed by atoms with Crippen molar-refractivity contribution in [3.63, 3.8) is 0 Å². The molecule has 0 aromatic heterocycles. The van der Waals surface area contributed by atoms with Crippen LogP contribution in [0, 0.1) is 0 Å². The molecule has 2 rings (SSSR count). The molecule has 1 aliphatic heterocycles. The monoisotopic (exact) mass is 324 g/mol. The Labute approximate surface area is 136 Å². The van der Waals surface area contributed by atoms with Crippen LogP contribution < -0.4 is 15.3 Å². The van der Waals surface area contributed by atoms with E-state index in [9.17, 15) is 0 Å².